The quantitative estimate of drug-likeness (QED) is 0.655. The average Bonchev–Trinajstić information content (AvgIpc) is 2.87. The molecule has 3 rings (SSSR count). The molecule has 1 aliphatic heterocycles. The van der Waals surface area contributed by atoms with Crippen molar-refractivity contribution in [2.45, 2.75) is 26.1 Å². The summed E-state index contributed by atoms with van der Waals surface area (Å²) in [4.78, 5) is 4.92. The second-order valence-electron chi connectivity index (χ2n) is 5.86. The standard InChI is InChI=1S/C16H17NS2/c1-16(2,3)15-17-14(18-19-15)13-10-6-8-11-7-4-5-9-12(11)13/h4-10,15H,1-3H3. The first-order chi connectivity index (χ1) is 9.05. The zero-order valence-corrected chi connectivity index (χ0v) is 13.0. The van der Waals surface area contributed by atoms with E-state index in [1.165, 1.54) is 21.4 Å². The summed E-state index contributed by atoms with van der Waals surface area (Å²) in [7, 11) is 3.69. The zero-order valence-electron chi connectivity index (χ0n) is 11.4. The van der Waals surface area contributed by atoms with Crippen molar-refractivity contribution in [1.29, 1.82) is 0 Å². The Morgan fingerprint density at radius 1 is 1.00 bits per heavy atom. The number of hydrogen-bond donors (Lipinski definition) is 0. The van der Waals surface area contributed by atoms with Gasteiger partial charge in [0.15, 0.2) is 0 Å². The smallest absolute Gasteiger partial charge is 0.112 e. The highest BCUT2D eigenvalue weighted by atomic mass is 33.1. The van der Waals surface area contributed by atoms with Crippen LogP contribution < -0.4 is 0 Å². The molecule has 0 aliphatic carbocycles. The minimum atomic E-state index is 0.212. The summed E-state index contributed by atoms with van der Waals surface area (Å²) < 4.78 is 0. The van der Waals surface area contributed by atoms with Crippen LogP contribution in [0.2, 0.25) is 0 Å². The van der Waals surface area contributed by atoms with Crippen LogP contribution in [0.5, 0.6) is 0 Å². The van der Waals surface area contributed by atoms with Gasteiger partial charge in [-0.3, -0.25) is 4.99 Å². The third-order valence-corrected chi connectivity index (χ3v) is 6.10. The first-order valence-electron chi connectivity index (χ1n) is 6.45. The molecule has 0 radical (unpaired) electrons. The van der Waals surface area contributed by atoms with Crippen molar-refractivity contribution < 1.29 is 0 Å². The second kappa shape index (κ2) is 4.88. The molecule has 98 valence electrons. The summed E-state index contributed by atoms with van der Waals surface area (Å²) in [5.41, 5.74) is 1.48. The molecule has 1 heterocycles. The van der Waals surface area contributed by atoms with Gasteiger partial charge in [0.2, 0.25) is 0 Å². The van der Waals surface area contributed by atoms with Crippen molar-refractivity contribution in [2.24, 2.45) is 10.4 Å². The summed E-state index contributed by atoms with van der Waals surface area (Å²) in [6, 6.07) is 15.0. The minimum Gasteiger partial charge on any atom is -0.261 e. The van der Waals surface area contributed by atoms with E-state index in [0.717, 1.165) is 0 Å². The van der Waals surface area contributed by atoms with Crippen LogP contribution in [-0.2, 0) is 0 Å². The molecule has 1 nitrogen and oxygen atoms in total. The van der Waals surface area contributed by atoms with E-state index < -0.39 is 0 Å². The van der Waals surface area contributed by atoms with E-state index in [2.05, 4.69) is 63.2 Å². The van der Waals surface area contributed by atoms with E-state index in [-0.39, 0.29) is 5.41 Å². The highest BCUT2D eigenvalue weighted by molar-refractivity contribution is 8.83. The lowest BCUT2D eigenvalue weighted by molar-refractivity contribution is 0.405. The van der Waals surface area contributed by atoms with Crippen LogP contribution in [0, 0.1) is 5.41 Å². The highest BCUT2D eigenvalue weighted by Crippen LogP contribution is 2.46. The highest BCUT2D eigenvalue weighted by Gasteiger charge is 2.31. The van der Waals surface area contributed by atoms with E-state index in [1.54, 1.807) is 0 Å². The molecule has 3 heteroatoms. The summed E-state index contributed by atoms with van der Waals surface area (Å²) in [5.74, 6) is 0. The first-order valence-corrected chi connectivity index (χ1v) is 8.66. The van der Waals surface area contributed by atoms with Crippen LogP contribution in [0.25, 0.3) is 10.8 Å². The molecule has 1 unspecified atom stereocenters. The third-order valence-electron chi connectivity index (χ3n) is 3.21. The molecule has 19 heavy (non-hydrogen) atoms. The van der Waals surface area contributed by atoms with Crippen molar-refractivity contribution in [3.8, 4) is 0 Å². The Kier molecular flexibility index (Phi) is 3.35. The van der Waals surface area contributed by atoms with Crippen LogP contribution in [0.1, 0.15) is 26.3 Å². The van der Waals surface area contributed by atoms with E-state index >= 15 is 0 Å². The third kappa shape index (κ3) is 2.54. The first kappa shape index (κ1) is 13.1. The zero-order chi connectivity index (χ0) is 13.5. The Morgan fingerprint density at radius 2 is 1.74 bits per heavy atom. The van der Waals surface area contributed by atoms with Gasteiger partial charge in [-0.25, -0.2) is 0 Å². The van der Waals surface area contributed by atoms with Crippen LogP contribution in [0.15, 0.2) is 47.5 Å². The van der Waals surface area contributed by atoms with Gasteiger partial charge in [0, 0.05) is 5.56 Å². The second-order valence-corrected chi connectivity index (χ2v) is 8.13. The number of hydrogen-bond acceptors (Lipinski definition) is 3. The van der Waals surface area contributed by atoms with Crippen LogP contribution in [0.3, 0.4) is 0 Å². The Hall–Kier alpha value is -0.930. The molecule has 2 aromatic carbocycles. The fraction of sp³-hybridized carbons (Fsp3) is 0.312. The number of benzene rings is 2. The summed E-state index contributed by atoms with van der Waals surface area (Å²) in [5, 5.41) is 4.09. The van der Waals surface area contributed by atoms with Gasteiger partial charge in [-0.15, -0.1) is 0 Å². The predicted octanol–water partition coefficient (Wildman–Crippen LogP) is 5.35. The van der Waals surface area contributed by atoms with E-state index in [1.807, 2.05) is 21.6 Å². The van der Waals surface area contributed by atoms with Crippen molar-refractivity contribution in [3.63, 3.8) is 0 Å². The summed E-state index contributed by atoms with van der Waals surface area (Å²) in [6.45, 7) is 6.75. The molecule has 0 spiro atoms. The topological polar surface area (TPSA) is 12.4 Å². The van der Waals surface area contributed by atoms with Gasteiger partial charge in [-0.1, -0.05) is 74.0 Å². The maximum atomic E-state index is 4.92. The fourth-order valence-electron chi connectivity index (χ4n) is 2.10. The van der Waals surface area contributed by atoms with E-state index in [4.69, 9.17) is 4.99 Å². The SMILES string of the molecule is CC(C)(C)C1N=C(c2cccc3ccccc23)SS1. The Labute approximate surface area is 122 Å². The van der Waals surface area contributed by atoms with Gasteiger partial charge in [-0.05, 0) is 27.0 Å². The lowest BCUT2D eigenvalue weighted by atomic mass is 9.97. The molecule has 0 saturated heterocycles. The van der Waals surface area contributed by atoms with E-state index in [9.17, 15) is 0 Å². The Morgan fingerprint density at radius 3 is 2.47 bits per heavy atom. The van der Waals surface area contributed by atoms with Crippen LogP contribution in [-0.4, -0.2) is 10.4 Å². The summed E-state index contributed by atoms with van der Waals surface area (Å²) >= 11 is 0. The molecule has 1 atom stereocenters. The van der Waals surface area contributed by atoms with Crippen LogP contribution in [0.4, 0.5) is 0 Å². The molecule has 0 fully saturated rings. The molecule has 1 aliphatic rings. The molecule has 0 N–H and O–H groups in total. The Bertz CT molecular complexity index is 635. The predicted molar refractivity (Wildman–Crippen MR) is 88.9 cm³/mol. The van der Waals surface area contributed by atoms with Crippen molar-refractivity contribution in [3.05, 3.63) is 48.0 Å². The van der Waals surface area contributed by atoms with Crippen LogP contribution >= 0.6 is 21.6 Å². The summed E-state index contributed by atoms with van der Waals surface area (Å²) in [6.07, 6.45) is 0. The maximum Gasteiger partial charge on any atom is 0.112 e. The van der Waals surface area contributed by atoms with Gasteiger partial charge < -0.3 is 0 Å². The molecule has 0 amide bonds. The monoisotopic (exact) mass is 287 g/mol. The number of rotatable bonds is 1. The lowest BCUT2D eigenvalue weighted by Crippen LogP contribution is -2.18. The molecular formula is C16H17NS2. The molecule has 2 aromatic rings. The molecule has 0 saturated carbocycles. The number of fused-ring (bicyclic) bond motifs is 1. The number of aliphatic imine (C=N–C) groups is 1. The lowest BCUT2D eigenvalue weighted by Gasteiger charge is -2.22. The normalized spacial score (nSPS) is 19.7. The number of nitrogens with zero attached hydrogens (tertiary/aromatic N) is 1. The van der Waals surface area contributed by atoms with Gasteiger partial charge in [-0.2, -0.15) is 0 Å². The van der Waals surface area contributed by atoms with Gasteiger partial charge >= 0.3 is 0 Å². The van der Waals surface area contributed by atoms with Crippen molar-refractivity contribution in [2.75, 3.05) is 0 Å². The van der Waals surface area contributed by atoms with Crippen molar-refractivity contribution in [1.82, 2.24) is 0 Å². The largest absolute Gasteiger partial charge is 0.261 e. The Balaban J connectivity index is 2.07. The average molecular weight is 287 g/mol. The molecule has 0 bridgehead atoms. The van der Waals surface area contributed by atoms with Gasteiger partial charge in [0.1, 0.15) is 10.4 Å². The van der Waals surface area contributed by atoms with Crippen molar-refractivity contribution >= 4 is 37.4 Å². The molecular weight excluding hydrogens is 270 g/mol. The minimum absolute atomic E-state index is 0.212. The van der Waals surface area contributed by atoms with Gasteiger partial charge in [0.25, 0.3) is 0 Å². The van der Waals surface area contributed by atoms with Gasteiger partial charge in [0.05, 0.1) is 0 Å². The van der Waals surface area contributed by atoms with E-state index in [0.29, 0.717) is 5.37 Å². The molecule has 0 aromatic heterocycles. The fourth-order valence-corrected chi connectivity index (χ4v) is 5.15. The maximum absolute atomic E-state index is 4.92.